The molecular weight excluding hydrogens is 701 g/mol. The number of hydrogen-bond acceptors (Lipinski definition) is 2. The molecule has 0 radical (unpaired) electrons. The first kappa shape index (κ1) is 32.9. The fourth-order valence-electron chi connectivity index (χ4n) is 12.5. The molecule has 0 bridgehead atoms. The smallest absolute Gasteiger partial charge is 0.0581 e. The summed E-state index contributed by atoms with van der Waals surface area (Å²) in [4.78, 5) is 5.29. The summed E-state index contributed by atoms with van der Waals surface area (Å²) in [7, 11) is 0. The lowest BCUT2D eigenvalue weighted by Crippen LogP contribution is -2.38. The van der Waals surface area contributed by atoms with Gasteiger partial charge in [-0.25, -0.2) is 0 Å². The molecule has 0 aromatic heterocycles. The molecule has 0 saturated heterocycles. The van der Waals surface area contributed by atoms with Crippen molar-refractivity contribution in [3.05, 3.63) is 178 Å². The van der Waals surface area contributed by atoms with Gasteiger partial charge < -0.3 is 9.80 Å². The molecule has 13 rings (SSSR count). The Hall–Kier alpha value is -6.12. The maximum atomic E-state index is 2.64. The molecule has 0 atom stereocenters. The summed E-state index contributed by atoms with van der Waals surface area (Å²) in [6, 6.07) is 51.8. The summed E-state index contributed by atoms with van der Waals surface area (Å²) in [5, 5.41) is 10.7. The number of anilines is 6. The van der Waals surface area contributed by atoms with Gasteiger partial charge in [-0.15, -0.1) is 0 Å². The van der Waals surface area contributed by atoms with E-state index in [1.807, 2.05) is 0 Å². The van der Waals surface area contributed by atoms with Crippen molar-refractivity contribution in [1.29, 1.82) is 0 Å². The number of nitrogens with zero attached hydrogens (tertiary/aromatic N) is 2. The lowest BCUT2D eigenvalue weighted by Gasteiger charge is -2.50. The molecule has 4 aliphatic heterocycles. The normalized spacial score (nSPS) is 18.1. The van der Waals surface area contributed by atoms with Gasteiger partial charge in [0.2, 0.25) is 0 Å². The highest BCUT2D eigenvalue weighted by Crippen LogP contribution is 2.65. The highest BCUT2D eigenvalue weighted by Gasteiger charge is 2.48. The fourth-order valence-corrected chi connectivity index (χ4v) is 12.5. The standard InChI is InChI=1S/C56H46N2/c1-53(2)37-21-9-11-27-45(37)57-49-33-19-13-17-31-32-18-14-20-34-48(32)36(35(47(31)33)29-43(49)55(5,6)41-25-15-23-39(53)51(41)57)30-44-50(34)58-46-28-12-10-22-38(46)54(3,4)40-24-16-26-42(52(40)58)56(44,7)8/h9-30H,1-8H3. The molecule has 4 aliphatic rings. The Labute approximate surface area is 340 Å². The molecule has 0 amide bonds. The van der Waals surface area contributed by atoms with Crippen LogP contribution in [0, 0.1) is 0 Å². The summed E-state index contributed by atoms with van der Waals surface area (Å²) in [6.45, 7) is 19.5. The zero-order valence-electron chi connectivity index (χ0n) is 34.6. The Balaban J connectivity index is 1.20. The first-order chi connectivity index (χ1) is 27.8. The Morgan fingerprint density at radius 3 is 0.983 bits per heavy atom. The van der Waals surface area contributed by atoms with Crippen LogP contribution in [0.5, 0.6) is 0 Å². The van der Waals surface area contributed by atoms with E-state index in [1.54, 1.807) is 0 Å². The molecule has 58 heavy (non-hydrogen) atoms. The Kier molecular flexibility index (Phi) is 5.74. The van der Waals surface area contributed by atoms with Gasteiger partial charge in [0.05, 0.1) is 34.1 Å². The number of hydrogen-bond donors (Lipinski definition) is 0. The van der Waals surface area contributed by atoms with Crippen molar-refractivity contribution in [2.45, 2.75) is 77.0 Å². The number of benzene rings is 9. The quantitative estimate of drug-likeness (QED) is 0.113. The lowest BCUT2D eigenvalue weighted by atomic mass is 9.65. The van der Waals surface area contributed by atoms with Crippen LogP contribution in [-0.2, 0) is 21.7 Å². The molecule has 9 aromatic rings. The van der Waals surface area contributed by atoms with E-state index in [0.717, 1.165) is 0 Å². The highest BCUT2D eigenvalue weighted by atomic mass is 15.2. The van der Waals surface area contributed by atoms with Gasteiger partial charge in [-0.1, -0.05) is 165 Å². The SMILES string of the molecule is CC1(C)c2ccccc2N2c3c1cccc3C(C)(C)c1cc3c4cc5c(c6cccc(c7cccc(c12)c73)c64)N1c2ccccc2C(C)(C)c2cccc(c21)C5(C)C. The zero-order chi connectivity index (χ0) is 39.4. The van der Waals surface area contributed by atoms with Crippen LogP contribution < -0.4 is 9.80 Å². The third-order valence-electron chi connectivity index (χ3n) is 15.5. The monoisotopic (exact) mass is 746 g/mol. The van der Waals surface area contributed by atoms with Crippen molar-refractivity contribution in [1.82, 2.24) is 0 Å². The van der Waals surface area contributed by atoms with Crippen molar-refractivity contribution in [3.8, 4) is 0 Å². The second kappa shape index (κ2) is 10.1. The first-order valence-electron chi connectivity index (χ1n) is 21.1. The summed E-state index contributed by atoms with van der Waals surface area (Å²) in [6.07, 6.45) is 0. The molecular formula is C56H46N2. The van der Waals surface area contributed by atoms with Crippen LogP contribution >= 0.6 is 0 Å². The number of para-hydroxylation sites is 4. The molecule has 2 nitrogen and oxygen atoms in total. The molecule has 9 aromatic carbocycles. The molecule has 0 saturated carbocycles. The minimum absolute atomic E-state index is 0.122. The topological polar surface area (TPSA) is 6.48 Å². The highest BCUT2D eigenvalue weighted by molar-refractivity contribution is 6.36. The Bertz CT molecular complexity index is 3130. The van der Waals surface area contributed by atoms with Gasteiger partial charge in [-0.2, -0.15) is 0 Å². The van der Waals surface area contributed by atoms with Crippen molar-refractivity contribution >= 4 is 77.2 Å². The van der Waals surface area contributed by atoms with Crippen molar-refractivity contribution in [2.24, 2.45) is 0 Å². The van der Waals surface area contributed by atoms with E-state index in [2.05, 4.69) is 199 Å². The number of fused-ring (bicyclic) bond motifs is 12. The molecule has 4 heterocycles. The van der Waals surface area contributed by atoms with Crippen LogP contribution in [0.25, 0.3) is 43.1 Å². The van der Waals surface area contributed by atoms with Crippen LogP contribution in [0.1, 0.15) is 99.9 Å². The van der Waals surface area contributed by atoms with Crippen LogP contribution in [0.2, 0.25) is 0 Å². The second-order valence-electron chi connectivity index (χ2n) is 19.7. The first-order valence-corrected chi connectivity index (χ1v) is 21.1. The van der Waals surface area contributed by atoms with E-state index in [0.29, 0.717) is 0 Å². The third-order valence-corrected chi connectivity index (χ3v) is 15.5. The van der Waals surface area contributed by atoms with Crippen molar-refractivity contribution < 1.29 is 0 Å². The van der Waals surface area contributed by atoms with Gasteiger partial charge in [-0.3, -0.25) is 0 Å². The van der Waals surface area contributed by atoms with Gasteiger partial charge in [0.15, 0.2) is 0 Å². The van der Waals surface area contributed by atoms with E-state index in [4.69, 9.17) is 0 Å². The summed E-state index contributed by atoms with van der Waals surface area (Å²) >= 11 is 0. The molecule has 0 aliphatic carbocycles. The van der Waals surface area contributed by atoms with Gasteiger partial charge in [0, 0.05) is 32.4 Å². The predicted molar refractivity (Wildman–Crippen MR) is 246 cm³/mol. The average molecular weight is 747 g/mol. The van der Waals surface area contributed by atoms with E-state index < -0.39 is 0 Å². The zero-order valence-corrected chi connectivity index (χ0v) is 34.6. The summed E-state index contributed by atoms with van der Waals surface area (Å²) < 4.78 is 0. The van der Waals surface area contributed by atoms with E-state index in [-0.39, 0.29) is 21.7 Å². The maximum Gasteiger partial charge on any atom is 0.0581 e. The molecule has 2 heteroatoms. The second-order valence-corrected chi connectivity index (χ2v) is 19.7. The summed E-state index contributed by atoms with van der Waals surface area (Å²) in [5.41, 5.74) is 18.4. The third kappa shape index (κ3) is 3.52. The van der Waals surface area contributed by atoms with Crippen LogP contribution in [0.3, 0.4) is 0 Å². The van der Waals surface area contributed by atoms with E-state index >= 15 is 0 Å². The minimum Gasteiger partial charge on any atom is -0.309 e. The largest absolute Gasteiger partial charge is 0.309 e. The van der Waals surface area contributed by atoms with Gasteiger partial charge in [0.1, 0.15) is 0 Å². The van der Waals surface area contributed by atoms with Gasteiger partial charge >= 0.3 is 0 Å². The van der Waals surface area contributed by atoms with Gasteiger partial charge in [-0.05, 0) is 101 Å². The molecule has 0 unspecified atom stereocenters. The van der Waals surface area contributed by atoms with E-state index in [9.17, 15) is 0 Å². The van der Waals surface area contributed by atoms with Crippen LogP contribution in [0.4, 0.5) is 34.1 Å². The predicted octanol–water partition coefficient (Wildman–Crippen LogP) is 15.2. The molecule has 280 valence electrons. The molecule has 0 N–H and O–H groups in total. The van der Waals surface area contributed by atoms with Crippen LogP contribution in [-0.4, -0.2) is 0 Å². The molecule has 0 spiro atoms. The Morgan fingerprint density at radius 1 is 0.276 bits per heavy atom. The van der Waals surface area contributed by atoms with Gasteiger partial charge in [0.25, 0.3) is 0 Å². The summed E-state index contributed by atoms with van der Waals surface area (Å²) in [5.74, 6) is 0. The minimum atomic E-state index is -0.233. The average Bonchev–Trinajstić information content (AvgIpc) is 3.22. The lowest BCUT2D eigenvalue weighted by molar-refractivity contribution is 0.598. The van der Waals surface area contributed by atoms with Crippen LogP contribution in [0.15, 0.2) is 133 Å². The van der Waals surface area contributed by atoms with Crippen molar-refractivity contribution in [3.63, 3.8) is 0 Å². The van der Waals surface area contributed by atoms with Crippen molar-refractivity contribution in [2.75, 3.05) is 9.80 Å². The number of rotatable bonds is 0. The van der Waals surface area contributed by atoms with E-state index in [1.165, 1.54) is 122 Å². The maximum absolute atomic E-state index is 2.64. The molecule has 0 fully saturated rings. The Morgan fingerprint density at radius 2 is 0.586 bits per heavy atom. The fraction of sp³-hybridized carbons (Fsp3) is 0.214.